The van der Waals surface area contributed by atoms with Crippen LogP contribution in [0.2, 0.25) is 10.3 Å². The first kappa shape index (κ1) is 12.8. The molecule has 1 aromatic rings. The van der Waals surface area contributed by atoms with Crippen LogP contribution in [0.15, 0.2) is 6.33 Å². The summed E-state index contributed by atoms with van der Waals surface area (Å²) in [5.74, 6) is -0.684. The minimum absolute atomic E-state index is 0.0306. The second-order valence-corrected chi connectivity index (χ2v) is 5.58. The number of hydrogen-bond donors (Lipinski definition) is 0. The predicted octanol–water partition coefficient (Wildman–Crippen LogP) is 2.46. The molecule has 0 bridgehead atoms. The molecule has 5 nitrogen and oxygen atoms in total. The van der Waals surface area contributed by atoms with Gasteiger partial charge >= 0.3 is 0 Å². The van der Waals surface area contributed by atoms with Crippen molar-refractivity contribution < 1.29 is 9.59 Å². The molecule has 2 saturated carbocycles. The maximum absolute atomic E-state index is 12.3. The third-order valence-corrected chi connectivity index (χ3v) is 3.80. The summed E-state index contributed by atoms with van der Waals surface area (Å²) in [6, 6.07) is 0. The van der Waals surface area contributed by atoms with Gasteiger partial charge in [0.15, 0.2) is 10.3 Å². The molecule has 0 aliphatic heterocycles. The fraction of sp³-hybridized carbons (Fsp3) is 0.500. The van der Waals surface area contributed by atoms with Gasteiger partial charge in [0, 0.05) is 11.8 Å². The molecule has 0 atom stereocenters. The average molecular weight is 300 g/mol. The van der Waals surface area contributed by atoms with Crippen LogP contribution in [0.1, 0.15) is 25.7 Å². The molecule has 2 fully saturated rings. The molecule has 2 aliphatic carbocycles. The summed E-state index contributed by atoms with van der Waals surface area (Å²) in [6.07, 6.45) is 4.41. The Morgan fingerprint density at radius 3 is 1.79 bits per heavy atom. The zero-order valence-corrected chi connectivity index (χ0v) is 11.5. The zero-order valence-electron chi connectivity index (χ0n) is 9.97. The summed E-state index contributed by atoms with van der Waals surface area (Å²) in [7, 11) is 0. The molecule has 3 rings (SSSR count). The number of imide groups is 1. The van der Waals surface area contributed by atoms with Crippen LogP contribution in [-0.4, -0.2) is 21.8 Å². The second-order valence-electron chi connectivity index (χ2n) is 4.86. The van der Waals surface area contributed by atoms with Gasteiger partial charge in [0.25, 0.3) is 0 Å². The van der Waals surface area contributed by atoms with Gasteiger partial charge in [0.2, 0.25) is 11.8 Å². The summed E-state index contributed by atoms with van der Waals surface area (Å²) < 4.78 is 0. The third kappa shape index (κ3) is 2.44. The van der Waals surface area contributed by atoms with Gasteiger partial charge in [-0.2, -0.15) is 0 Å². The van der Waals surface area contributed by atoms with E-state index in [9.17, 15) is 9.59 Å². The topological polar surface area (TPSA) is 63.2 Å². The number of nitrogens with zero attached hydrogens (tertiary/aromatic N) is 3. The van der Waals surface area contributed by atoms with Gasteiger partial charge in [-0.1, -0.05) is 23.2 Å². The van der Waals surface area contributed by atoms with E-state index in [4.69, 9.17) is 23.2 Å². The highest BCUT2D eigenvalue weighted by molar-refractivity contribution is 6.40. The summed E-state index contributed by atoms with van der Waals surface area (Å²) in [5, 5.41) is 0.0611. The van der Waals surface area contributed by atoms with Crippen molar-refractivity contribution in [3.05, 3.63) is 16.6 Å². The van der Waals surface area contributed by atoms with E-state index in [2.05, 4.69) is 9.97 Å². The van der Waals surface area contributed by atoms with Crippen molar-refractivity contribution in [2.24, 2.45) is 11.8 Å². The van der Waals surface area contributed by atoms with Crippen molar-refractivity contribution in [1.82, 2.24) is 9.97 Å². The lowest BCUT2D eigenvalue weighted by atomic mass is 10.2. The van der Waals surface area contributed by atoms with Gasteiger partial charge in [-0.05, 0) is 25.7 Å². The first-order chi connectivity index (χ1) is 9.09. The Hall–Kier alpha value is -1.20. The molecule has 0 spiro atoms. The molecule has 2 aliphatic rings. The summed E-state index contributed by atoms with van der Waals surface area (Å²) >= 11 is 12.0. The monoisotopic (exact) mass is 299 g/mol. The van der Waals surface area contributed by atoms with Crippen LogP contribution in [0.5, 0.6) is 0 Å². The number of amides is 2. The molecule has 100 valence electrons. The van der Waals surface area contributed by atoms with E-state index >= 15 is 0 Å². The highest BCUT2D eigenvalue weighted by Gasteiger charge is 2.43. The average Bonchev–Trinajstić information content (AvgIpc) is 3.26. The van der Waals surface area contributed by atoms with E-state index in [0.717, 1.165) is 30.6 Å². The molecule has 1 aromatic heterocycles. The molecule has 2 amide bonds. The van der Waals surface area contributed by atoms with Gasteiger partial charge < -0.3 is 0 Å². The Kier molecular flexibility index (Phi) is 3.19. The van der Waals surface area contributed by atoms with Gasteiger partial charge in [-0.3, -0.25) is 9.59 Å². The molecule has 7 heteroatoms. The van der Waals surface area contributed by atoms with E-state index < -0.39 is 0 Å². The molecule has 0 N–H and O–H groups in total. The van der Waals surface area contributed by atoms with Crippen molar-refractivity contribution in [3.63, 3.8) is 0 Å². The SMILES string of the molecule is O=C(C1CC1)N(C(=O)C1CC1)c1c(Cl)ncnc1Cl. The van der Waals surface area contributed by atoms with Crippen molar-refractivity contribution in [2.45, 2.75) is 25.7 Å². The summed E-state index contributed by atoms with van der Waals surface area (Å²) in [4.78, 5) is 33.3. The third-order valence-electron chi connectivity index (χ3n) is 3.25. The lowest BCUT2D eigenvalue weighted by Gasteiger charge is -2.21. The van der Waals surface area contributed by atoms with Gasteiger partial charge in [-0.15, -0.1) is 0 Å². The standard InChI is InChI=1S/C12H11Cl2N3O2/c13-9-8(10(14)16-5-15-9)17(11(18)6-1-2-6)12(19)7-3-4-7/h5-7H,1-4H2. The van der Waals surface area contributed by atoms with E-state index in [1.165, 1.54) is 6.33 Å². The fourth-order valence-corrected chi connectivity index (χ4v) is 2.36. The van der Waals surface area contributed by atoms with E-state index in [1.807, 2.05) is 0 Å². The molecule has 0 radical (unpaired) electrons. The fourth-order valence-electron chi connectivity index (χ4n) is 1.88. The van der Waals surface area contributed by atoms with Crippen LogP contribution in [0.3, 0.4) is 0 Å². The smallest absolute Gasteiger partial charge is 0.237 e. The Labute approximate surface area is 119 Å². The Balaban J connectivity index is 2.02. The van der Waals surface area contributed by atoms with Crippen LogP contribution >= 0.6 is 23.2 Å². The largest absolute Gasteiger partial charge is 0.274 e. The van der Waals surface area contributed by atoms with E-state index in [-0.39, 0.29) is 39.6 Å². The number of carbonyl (C=O) groups excluding carboxylic acids is 2. The number of rotatable bonds is 3. The number of anilines is 1. The normalized spacial score (nSPS) is 18.2. The first-order valence-electron chi connectivity index (χ1n) is 6.13. The van der Waals surface area contributed by atoms with Gasteiger partial charge in [-0.25, -0.2) is 14.9 Å². The molecule has 0 unspecified atom stereocenters. The molecular weight excluding hydrogens is 289 g/mol. The molecule has 1 heterocycles. The number of carbonyl (C=O) groups is 2. The summed E-state index contributed by atoms with van der Waals surface area (Å²) in [5.41, 5.74) is 0.125. The van der Waals surface area contributed by atoms with Gasteiger partial charge in [0.1, 0.15) is 12.0 Å². The maximum atomic E-state index is 12.3. The van der Waals surface area contributed by atoms with Gasteiger partial charge in [0.05, 0.1) is 0 Å². The second kappa shape index (κ2) is 4.72. The van der Waals surface area contributed by atoms with Crippen molar-refractivity contribution in [1.29, 1.82) is 0 Å². The number of halogens is 2. The number of aromatic nitrogens is 2. The van der Waals surface area contributed by atoms with Crippen LogP contribution < -0.4 is 4.90 Å². The Morgan fingerprint density at radius 1 is 1.00 bits per heavy atom. The van der Waals surface area contributed by atoms with Crippen LogP contribution in [-0.2, 0) is 9.59 Å². The van der Waals surface area contributed by atoms with Crippen molar-refractivity contribution >= 4 is 40.7 Å². The lowest BCUT2D eigenvalue weighted by Crippen LogP contribution is -2.39. The maximum Gasteiger partial charge on any atom is 0.237 e. The minimum Gasteiger partial charge on any atom is -0.274 e. The van der Waals surface area contributed by atoms with E-state index in [1.54, 1.807) is 0 Å². The van der Waals surface area contributed by atoms with Crippen molar-refractivity contribution in [2.75, 3.05) is 4.90 Å². The first-order valence-corrected chi connectivity index (χ1v) is 6.89. The highest BCUT2D eigenvalue weighted by atomic mass is 35.5. The van der Waals surface area contributed by atoms with Crippen LogP contribution in [0, 0.1) is 11.8 Å². The quantitative estimate of drug-likeness (QED) is 0.635. The van der Waals surface area contributed by atoms with Crippen molar-refractivity contribution in [3.8, 4) is 0 Å². The molecular formula is C12H11Cl2N3O2. The van der Waals surface area contributed by atoms with Crippen LogP contribution in [0.4, 0.5) is 5.69 Å². The zero-order chi connectivity index (χ0) is 13.6. The minimum atomic E-state index is -0.240. The van der Waals surface area contributed by atoms with E-state index in [0.29, 0.717) is 0 Å². The lowest BCUT2D eigenvalue weighted by molar-refractivity contribution is -0.127. The molecule has 0 saturated heterocycles. The molecule has 0 aromatic carbocycles. The number of hydrogen-bond acceptors (Lipinski definition) is 4. The predicted molar refractivity (Wildman–Crippen MR) is 70.0 cm³/mol. The molecule has 19 heavy (non-hydrogen) atoms. The Morgan fingerprint density at radius 2 is 1.42 bits per heavy atom. The summed E-state index contributed by atoms with van der Waals surface area (Å²) in [6.45, 7) is 0. The highest BCUT2D eigenvalue weighted by Crippen LogP contribution is 2.40. The van der Waals surface area contributed by atoms with Crippen LogP contribution in [0.25, 0.3) is 0 Å². The Bertz CT molecular complexity index is 512.